The van der Waals surface area contributed by atoms with Gasteiger partial charge in [0.25, 0.3) is 0 Å². The van der Waals surface area contributed by atoms with Crippen LogP contribution in [-0.2, 0) is 4.57 Å². The molecule has 0 saturated carbocycles. The second kappa shape index (κ2) is 21.2. The van der Waals surface area contributed by atoms with Gasteiger partial charge in [0.05, 0.1) is 0 Å². The number of carbonyl (C=O) groups is 4. The first-order valence-corrected chi connectivity index (χ1v) is 21.9. The topological polar surface area (TPSA) is 126 Å². The molecule has 8 heteroatoms. The molecule has 2 atom stereocenters. The highest BCUT2D eigenvalue weighted by molar-refractivity contribution is 8.01. The maximum absolute atomic E-state index is 14.5. The number of hydrogen-bond donors (Lipinski definition) is 2. The lowest BCUT2D eigenvalue weighted by Gasteiger charge is -2.21. The van der Waals surface area contributed by atoms with E-state index in [1.807, 2.05) is 90.1 Å². The van der Waals surface area contributed by atoms with Crippen LogP contribution in [0.2, 0.25) is 0 Å². The number of ketones is 2. The minimum absolute atomic E-state index is 0.271. The number of carbonyl (C=O) groups excluding carboxylic acids is 4. The first-order chi connectivity index (χ1) is 29.6. The van der Waals surface area contributed by atoms with Gasteiger partial charge >= 0.3 is 0 Å². The van der Waals surface area contributed by atoms with Crippen LogP contribution in [0.1, 0.15) is 98.1 Å². The molecule has 0 aliphatic heterocycles. The van der Waals surface area contributed by atoms with E-state index >= 15 is 0 Å². The molecule has 7 rings (SSSR count). The van der Waals surface area contributed by atoms with Crippen molar-refractivity contribution in [2.24, 2.45) is 0 Å². The summed E-state index contributed by atoms with van der Waals surface area (Å²) in [6.07, 6.45) is -2.16. The quantitative estimate of drug-likeness (QED) is 0.0981. The molecule has 0 spiro atoms. The molecular weight excluding hydrogens is 792 g/mol. The van der Waals surface area contributed by atoms with Crippen molar-refractivity contribution in [3.63, 3.8) is 0 Å². The third-order valence-electron chi connectivity index (χ3n) is 10.3. The summed E-state index contributed by atoms with van der Waals surface area (Å²) in [6.45, 7) is 11.2. The average Bonchev–Trinajstić information content (AvgIpc) is 3.29. The van der Waals surface area contributed by atoms with Gasteiger partial charge in [0, 0.05) is 27.6 Å². The molecule has 314 valence electrons. The number of benzene rings is 7. The summed E-state index contributed by atoms with van der Waals surface area (Å²) in [5.74, 6) is -0.543. The van der Waals surface area contributed by atoms with Gasteiger partial charge < -0.3 is 14.8 Å². The fourth-order valence-electron chi connectivity index (χ4n) is 7.41. The van der Waals surface area contributed by atoms with Gasteiger partial charge in [-0.3, -0.25) is 19.2 Å². The van der Waals surface area contributed by atoms with Crippen molar-refractivity contribution in [1.82, 2.24) is 0 Å². The Balaban J connectivity index is 0.000000191. The standard InChI is InChI=1S/C26H27O3P.2C14H12O2/c1-16-12-18(3)23(19(4)13-16)25(27)30(29,22-10-8-7-9-11-22)26(28)24-20(5)14-17(2)15-21(24)6;2*15-13(11-7-3-1-4-8-11)14(16)12-9-5-2-6-10-12/h7-15H,1-6H3;2*1-10,13,15H. The SMILES string of the molecule is Cc1cc(C)c(C(=O)P(=O)(C(=O)c2c(C)cc(C)cc2C)c2ccccc2)c(C)c1.O=C(c1ccccc1)C(O)c1ccccc1.O=C(c1ccccc1)C(O)c1ccccc1. The molecule has 7 aromatic rings. The van der Waals surface area contributed by atoms with Gasteiger partial charge in [0.15, 0.2) is 11.6 Å². The summed E-state index contributed by atoms with van der Waals surface area (Å²) in [5.41, 5.74) is 6.86. The highest BCUT2D eigenvalue weighted by atomic mass is 31.2. The van der Waals surface area contributed by atoms with Gasteiger partial charge in [-0.2, -0.15) is 0 Å². The van der Waals surface area contributed by atoms with E-state index in [2.05, 4.69) is 0 Å². The van der Waals surface area contributed by atoms with Crippen LogP contribution < -0.4 is 5.30 Å². The molecule has 0 heterocycles. The average molecular weight is 843 g/mol. The Morgan fingerprint density at radius 1 is 0.403 bits per heavy atom. The van der Waals surface area contributed by atoms with E-state index < -0.39 is 30.4 Å². The van der Waals surface area contributed by atoms with Crippen LogP contribution >= 0.6 is 7.14 Å². The molecular formula is C54H51O7P. The van der Waals surface area contributed by atoms with Crippen molar-refractivity contribution in [2.45, 2.75) is 53.8 Å². The largest absolute Gasteiger partial charge is 0.380 e. The van der Waals surface area contributed by atoms with Crippen molar-refractivity contribution in [3.05, 3.63) is 243 Å². The molecule has 0 aromatic heterocycles. The van der Waals surface area contributed by atoms with E-state index in [0.717, 1.165) is 33.4 Å². The predicted octanol–water partition coefficient (Wildman–Crippen LogP) is 11.4. The summed E-state index contributed by atoms with van der Waals surface area (Å²) in [5, 5.41) is 20.1. The Labute approximate surface area is 364 Å². The number of aryl methyl sites for hydroxylation is 6. The van der Waals surface area contributed by atoms with Gasteiger partial charge in [-0.05, 0) is 74.9 Å². The van der Waals surface area contributed by atoms with Gasteiger partial charge in [0.2, 0.25) is 18.2 Å². The highest BCUT2D eigenvalue weighted by Crippen LogP contribution is 2.52. The van der Waals surface area contributed by atoms with E-state index in [1.165, 1.54) is 0 Å². The fraction of sp³-hybridized carbons (Fsp3) is 0.148. The number of aliphatic hydroxyl groups excluding tert-OH is 2. The van der Waals surface area contributed by atoms with E-state index in [9.17, 15) is 34.0 Å². The third-order valence-corrected chi connectivity index (χ3v) is 12.9. The van der Waals surface area contributed by atoms with Crippen molar-refractivity contribution in [2.75, 3.05) is 0 Å². The van der Waals surface area contributed by atoms with E-state index in [4.69, 9.17) is 0 Å². The second-order valence-electron chi connectivity index (χ2n) is 15.2. The Kier molecular flexibility index (Phi) is 15.9. The van der Waals surface area contributed by atoms with Crippen LogP contribution in [0.15, 0.2) is 176 Å². The summed E-state index contributed by atoms with van der Waals surface area (Å²) < 4.78 is 14.5. The Bertz CT molecular complexity index is 2480. The Hall–Kier alpha value is -6.63. The zero-order valence-corrected chi connectivity index (χ0v) is 36.7. The molecule has 0 fully saturated rings. The van der Waals surface area contributed by atoms with Crippen LogP contribution in [0.5, 0.6) is 0 Å². The normalized spacial score (nSPS) is 11.7. The fourth-order valence-corrected chi connectivity index (χ4v) is 9.99. The van der Waals surface area contributed by atoms with Crippen LogP contribution in [-0.4, -0.2) is 32.8 Å². The van der Waals surface area contributed by atoms with Gasteiger partial charge in [-0.15, -0.1) is 0 Å². The maximum atomic E-state index is 14.5. The highest BCUT2D eigenvalue weighted by Gasteiger charge is 2.44. The molecule has 2 unspecified atom stereocenters. The molecule has 0 radical (unpaired) electrons. The van der Waals surface area contributed by atoms with Gasteiger partial charge in [-0.1, -0.05) is 187 Å². The zero-order valence-electron chi connectivity index (χ0n) is 35.8. The van der Waals surface area contributed by atoms with E-state index in [-0.39, 0.29) is 16.9 Å². The Morgan fingerprint density at radius 2 is 0.661 bits per heavy atom. The summed E-state index contributed by atoms with van der Waals surface area (Å²) in [4.78, 5) is 51.5. The minimum Gasteiger partial charge on any atom is -0.380 e. The first kappa shape index (κ1) is 46.4. The predicted molar refractivity (Wildman–Crippen MR) is 248 cm³/mol. The summed E-state index contributed by atoms with van der Waals surface area (Å²) in [6, 6.07) is 51.5. The number of hydrogen-bond acceptors (Lipinski definition) is 7. The minimum atomic E-state index is -4.11. The van der Waals surface area contributed by atoms with Crippen LogP contribution in [0, 0.1) is 41.5 Å². The van der Waals surface area contributed by atoms with Gasteiger partial charge in [-0.25, -0.2) is 0 Å². The molecule has 2 N–H and O–H groups in total. The lowest BCUT2D eigenvalue weighted by molar-refractivity contribution is 0.0743. The monoisotopic (exact) mass is 842 g/mol. The van der Waals surface area contributed by atoms with Crippen LogP contribution in [0.4, 0.5) is 0 Å². The Morgan fingerprint density at radius 3 is 0.952 bits per heavy atom. The van der Waals surface area contributed by atoms with Crippen molar-refractivity contribution < 1.29 is 34.0 Å². The first-order valence-electron chi connectivity index (χ1n) is 20.2. The molecule has 7 nitrogen and oxygen atoms in total. The van der Waals surface area contributed by atoms with Crippen molar-refractivity contribution >= 4 is 35.1 Å². The maximum Gasteiger partial charge on any atom is 0.248 e. The molecule has 0 amide bonds. The molecule has 7 aromatic carbocycles. The second-order valence-corrected chi connectivity index (χ2v) is 17.7. The van der Waals surface area contributed by atoms with Crippen molar-refractivity contribution in [3.8, 4) is 0 Å². The van der Waals surface area contributed by atoms with E-state index in [1.54, 1.807) is 127 Å². The number of rotatable bonds is 11. The third kappa shape index (κ3) is 11.0. The van der Waals surface area contributed by atoms with Gasteiger partial charge in [0.1, 0.15) is 12.2 Å². The van der Waals surface area contributed by atoms with E-state index in [0.29, 0.717) is 33.4 Å². The summed E-state index contributed by atoms with van der Waals surface area (Å²) in [7, 11) is -4.11. The molecule has 0 aliphatic rings. The molecule has 0 bridgehead atoms. The van der Waals surface area contributed by atoms with Crippen LogP contribution in [0.3, 0.4) is 0 Å². The van der Waals surface area contributed by atoms with Crippen molar-refractivity contribution in [1.29, 1.82) is 0 Å². The molecule has 0 aliphatic carbocycles. The zero-order chi connectivity index (χ0) is 45.0. The molecule has 0 saturated heterocycles. The number of aliphatic hydroxyl groups is 2. The summed E-state index contributed by atoms with van der Waals surface area (Å²) >= 11 is 0. The van der Waals surface area contributed by atoms with Crippen LogP contribution in [0.25, 0.3) is 0 Å². The lowest BCUT2D eigenvalue weighted by Crippen LogP contribution is -2.23. The smallest absolute Gasteiger partial charge is 0.248 e. The molecule has 62 heavy (non-hydrogen) atoms. The number of Topliss-reactive ketones (excluding diaryl/α,β-unsaturated/α-hetero) is 2. The lowest BCUT2D eigenvalue weighted by atomic mass is 10.0.